The molecule has 0 bridgehead atoms. The van der Waals surface area contributed by atoms with Crippen molar-refractivity contribution in [3.8, 4) is 0 Å². The number of halogens is 1. The molecule has 0 saturated heterocycles. The van der Waals surface area contributed by atoms with Gasteiger partial charge < -0.3 is 14.6 Å². The fourth-order valence-corrected chi connectivity index (χ4v) is 3.17. The van der Waals surface area contributed by atoms with Crippen molar-refractivity contribution in [1.82, 2.24) is 4.57 Å². The number of anilines is 1. The van der Waals surface area contributed by atoms with E-state index in [1.165, 1.54) is 0 Å². The Kier molecular flexibility index (Phi) is 3.93. The first-order chi connectivity index (χ1) is 12.1. The van der Waals surface area contributed by atoms with Crippen molar-refractivity contribution >= 4 is 40.1 Å². The van der Waals surface area contributed by atoms with Gasteiger partial charge in [-0.2, -0.15) is 0 Å². The summed E-state index contributed by atoms with van der Waals surface area (Å²) >= 11 is 6.05. The third kappa shape index (κ3) is 3.10. The molecule has 0 saturated carbocycles. The number of hydrogen-bond acceptors (Lipinski definition) is 3. The molecule has 0 fully saturated rings. The van der Waals surface area contributed by atoms with E-state index in [1.54, 1.807) is 18.2 Å². The summed E-state index contributed by atoms with van der Waals surface area (Å²) in [7, 11) is 0. The number of amides is 1. The molecule has 1 aromatic heterocycles. The molecule has 1 aliphatic rings. The Morgan fingerprint density at radius 3 is 2.96 bits per heavy atom. The van der Waals surface area contributed by atoms with Crippen molar-refractivity contribution in [2.24, 2.45) is 0 Å². The van der Waals surface area contributed by atoms with E-state index in [2.05, 4.69) is 5.32 Å². The van der Waals surface area contributed by atoms with Gasteiger partial charge in [0.05, 0.1) is 5.56 Å². The van der Waals surface area contributed by atoms with Gasteiger partial charge in [-0.05, 0) is 41.8 Å². The molecule has 0 spiro atoms. The van der Waals surface area contributed by atoms with Crippen LogP contribution in [0.4, 0.5) is 5.69 Å². The quantitative estimate of drug-likeness (QED) is 0.720. The first-order valence-corrected chi connectivity index (χ1v) is 8.32. The predicted octanol–water partition coefficient (Wildman–Crippen LogP) is 3.99. The van der Waals surface area contributed by atoms with Gasteiger partial charge >= 0.3 is 5.97 Å². The normalized spacial score (nSPS) is 12.9. The molecule has 0 unspecified atom stereocenters. The van der Waals surface area contributed by atoms with Gasteiger partial charge in [0.15, 0.2) is 0 Å². The Morgan fingerprint density at radius 1 is 1.20 bits per heavy atom. The molecule has 0 atom stereocenters. The molecule has 3 aromatic rings. The van der Waals surface area contributed by atoms with Crippen LogP contribution in [0.25, 0.3) is 10.9 Å². The Bertz CT molecular complexity index is 993. The van der Waals surface area contributed by atoms with Gasteiger partial charge in [0, 0.05) is 41.0 Å². The molecule has 2 aromatic carbocycles. The number of benzene rings is 2. The molecule has 0 aliphatic carbocycles. The van der Waals surface area contributed by atoms with Crippen LogP contribution in [0.1, 0.15) is 22.3 Å². The molecular formula is C19H15ClN2O3. The van der Waals surface area contributed by atoms with Crippen LogP contribution < -0.4 is 5.32 Å². The van der Waals surface area contributed by atoms with E-state index < -0.39 is 0 Å². The summed E-state index contributed by atoms with van der Waals surface area (Å²) in [5.74, 6) is -0.403. The topological polar surface area (TPSA) is 60.3 Å². The first kappa shape index (κ1) is 15.7. The minimum atomic E-state index is -0.314. The molecule has 25 heavy (non-hydrogen) atoms. The summed E-state index contributed by atoms with van der Waals surface area (Å²) in [6, 6.07) is 12.9. The Hall–Kier alpha value is -2.79. The molecule has 1 amide bonds. The molecule has 126 valence electrons. The van der Waals surface area contributed by atoms with Gasteiger partial charge in [-0.25, -0.2) is 4.79 Å². The lowest BCUT2D eigenvalue weighted by Gasteiger charge is -2.08. The summed E-state index contributed by atoms with van der Waals surface area (Å²) in [5, 5.41) is 4.63. The number of nitrogens with zero attached hydrogens (tertiary/aromatic N) is 1. The number of fused-ring (bicyclic) bond motifs is 2. The average molecular weight is 355 g/mol. The SMILES string of the molecule is O=C(CCn1ccc2ccc(Cl)cc21)Nc1ccc2c(c1)COC2=O. The molecule has 6 heteroatoms. The van der Waals surface area contributed by atoms with Gasteiger partial charge in [0.1, 0.15) is 6.61 Å². The monoisotopic (exact) mass is 354 g/mol. The summed E-state index contributed by atoms with van der Waals surface area (Å²) in [4.78, 5) is 23.7. The van der Waals surface area contributed by atoms with Crippen LogP contribution in [0, 0.1) is 0 Å². The second-order valence-electron chi connectivity index (χ2n) is 5.96. The second kappa shape index (κ2) is 6.26. The minimum absolute atomic E-state index is 0.0888. The predicted molar refractivity (Wildman–Crippen MR) is 95.8 cm³/mol. The lowest BCUT2D eigenvalue weighted by Crippen LogP contribution is -2.14. The number of cyclic esters (lactones) is 1. The number of carbonyl (C=O) groups is 2. The first-order valence-electron chi connectivity index (χ1n) is 7.94. The van der Waals surface area contributed by atoms with Crippen LogP contribution >= 0.6 is 11.6 Å². The Morgan fingerprint density at radius 2 is 2.08 bits per heavy atom. The number of nitrogens with one attached hydrogen (secondary N) is 1. The maximum absolute atomic E-state index is 12.2. The number of carbonyl (C=O) groups excluding carboxylic acids is 2. The van der Waals surface area contributed by atoms with E-state index in [1.807, 2.05) is 35.0 Å². The molecule has 1 aliphatic heterocycles. The van der Waals surface area contributed by atoms with E-state index in [-0.39, 0.29) is 18.5 Å². The number of rotatable bonds is 4. The van der Waals surface area contributed by atoms with Gasteiger partial charge in [0.2, 0.25) is 5.91 Å². The highest BCUT2D eigenvalue weighted by molar-refractivity contribution is 6.31. The highest BCUT2D eigenvalue weighted by Crippen LogP contribution is 2.24. The molecule has 0 radical (unpaired) electrons. The zero-order valence-corrected chi connectivity index (χ0v) is 14.0. The van der Waals surface area contributed by atoms with Crippen molar-refractivity contribution in [2.45, 2.75) is 19.6 Å². The third-order valence-corrected chi connectivity index (χ3v) is 4.52. The lowest BCUT2D eigenvalue weighted by molar-refractivity contribution is -0.116. The number of aryl methyl sites for hydroxylation is 1. The van der Waals surface area contributed by atoms with Gasteiger partial charge in [-0.15, -0.1) is 0 Å². The average Bonchev–Trinajstić information content (AvgIpc) is 3.16. The Balaban J connectivity index is 1.42. The molecule has 1 N–H and O–H groups in total. The minimum Gasteiger partial charge on any atom is -0.457 e. The van der Waals surface area contributed by atoms with Gasteiger partial charge in [0.25, 0.3) is 0 Å². The highest BCUT2D eigenvalue weighted by atomic mass is 35.5. The third-order valence-electron chi connectivity index (χ3n) is 4.28. The smallest absolute Gasteiger partial charge is 0.338 e. The lowest BCUT2D eigenvalue weighted by atomic mass is 10.1. The van der Waals surface area contributed by atoms with Crippen molar-refractivity contribution in [2.75, 3.05) is 5.32 Å². The van der Waals surface area contributed by atoms with Crippen molar-refractivity contribution in [3.63, 3.8) is 0 Å². The van der Waals surface area contributed by atoms with E-state index in [0.717, 1.165) is 16.5 Å². The summed E-state index contributed by atoms with van der Waals surface area (Å²) in [6.07, 6.45) is 2.29. The molecular weight excluding hydrogens is 340 g/mol. The summed E-state index contributed by atoms with van der Waals surface area (Å²) in [5.41, 5.74) is 3.04. The zero-order valence-electron chi connectivity index (χ0n) is 13.3. The van der Waals surface area contributed by atoms with Crippen molar-refractivity contribution in [1.29, 1.82) is 0 Å². The molecule has 4 rings (SSSR count). The number of hydrogen-bond donors (Lipinski definition) is 1. The van der Waals surface area contributed by atoms with E-state index in [9.17, 15) is 9.59 Å². The van der Waals surface area contributed by atoms with Gasteiger partial charge in [-0.1, -0.05) is 17.7 Å². The maximum Gasteiger partial charge on any atom is 0.338 e. The van der Waals surface area contributed by atoms with Crippen molar-refractivity contribution < 1.29 is 14.3 Å². The number of esters is 1. The number of aromatic nitrogens is 1. The van der Waals surface area contributed by atoms with Crippen LogP contribution in [0.3, 0.4) is 0 Å². The van der Waals surface area contributed by atoms with E-state index in [0.29, 0.717) is 29.2 Å². The van der Waals surface area contributed by atoms with Crippen LogP contribution in [0.2, 0.25) is 5.02 Å². The summed E-state index contributed by atoms with van der Waals surface area (Å²) in [6.45, 7) is 0.816. The fraction of sp³-hybridized carbons (Fsp3) is 0.158. The molecule has 5 nitrogen and oxygen atoms in total. The highest BCUT2D eigenvalue weighted by Gasteiger charge is 2.21. The zero-order chi connectivity index (χ0) is 17.4. The van der Waals surface area contributed by atoms with Crippen LogP contribution in [0.15, 0.2) is 48.7 Å². The van der Waals surface area contributed by atoms with Gasteiger partial charge in [-0.3, -0.25) is 4.79 Å². The van der Waals surface area contributed by atoms with E-state index >= 15 is 0 Å². The van der Waals surface area contributed by atoms with Crippen LogP contribution in [0.5, 0.6) is 0 Å². The fourth-order valence-electron chi connectivity index (χ4n) is 3.01. The standard InChI is InChI=1S/C19H15ClN2O3/c20-14-2-1-12-5-7-22(17(12)10-14)8-6-18(23)21-15-3-4-16-13(9-15)11-25-19(16)24/h1-5,7,9-10H,6,8,11H2,(H,21,23). The van der Waals surface area contributed by atoms with E-state index in [4.69, 9.17) is 16.3 Å². The van der Waals surface area contributed by atoms with Crippen LogP contribution in [-0.4, -0.2) is 16.4 Å². The Labute approximate surface area is 149 Å². The maximum atomic E-state index is 12.2. The largest absolute Gasteiger partial charge is 0.457 e. The second-order valence-corrected chi connectivity index (χ2v) is 6.39. The van der Waals surface area contributed by atoms with Crippen LogP contribution in [-0.2, 0) is 22.7 Å². The summed E-state index contributed by atoms with van der Waals surface area (Å²) < 4.78 is 6.97. The number of ether oxygens (including phenoxy) is 1. The van der Waals surface area contributed by atoms with Crippen molar-refractivity contribution in [3.05, 3.63) is 64.8 Å². The molecule has 2 heterocycles.